The van der Waals surface area contributed by atoms with Crippen LogP contribution in [0.15, 0.2) is 29.3 Å². The Morgan fingerprint density at radius 1 is 1.24 bits per heavy atom. The highest BCUT2D eigenvalue weighted by molar-refractivity contribution is 6.29. The average molecular weight is 249 g/mol. The number of aromatic nitrogens is 6. The van der Waals surface area contributed by atoms with Crippen molar-refractivity contribution in [3.63, 3.8) is 0 Å². The van der Waals surface area contributed by atoms with Crippen molar-refractivity contribution >= 4 is 17.2 Å². The third kappa shape index (κ3) is 1.56. The smallest absolute Gasteiger partial charge is 0.264 e. The van der Waals surface area contributed by atoms with Crippen LogP contribution in [0.3, 0.4) is 0 Å². The van der Waals surface area contributed by atoms with Gasteiger partial charge in [-0.05, 0) is 6.07 Å². The van der Waals surface area contributed by atoms with Crippen LogP contribution in [-0.4, -0.2) is 29.8 Å². The van der Waals surface area contributed by atoms with Gasteiger partial charge in [0.05, 0.1) is 12.4 Å². The number of fused-ring (bicyclic) bond motifs is 1. The fourth-order valence-corrected chi connectivity index (χ4v) is 1.67. The minimum Gasteiger partial charge on any atom is -0.268 e. The molecular weight excluding hydrogens is 244 g/mol. The first-order valence-corrected chi connectivity index (χ1v) is 5.04. The molecule has 1 N–H and O–H groups in total. The van der Waals surface area contributed by atoms with Crippen molar-refractivity contribution in [2.75, 3.05) is 0 Å². The molecule has 17 heavy (non-hydrogen) atoms. The van der Waals surface area contributed by atoms with Crippen LogP contribution in [0.5, 0.6) is 0 Å². The standard InChI is InChI=1S/C9H5ClN6O/c10-6-3-11-4-7-13-15-9(16(6)7)5-1-2-8(17)14-12-5/h1-4H,(H,14,17). The molecule has 84 valence electrons. The van der Waals surface area contributed by atoms with Crippen molar-refractivity contribution in [3.05, 3.63) is 40.0 Å². The van der Waals surface area contributed by atoms with Crippen LogP contribution in [-0.2, 0) is 0 Å². The summed E-state index contributed by atoms with van der Waals surface area (Å²) in [5.41, 5.74) is 0.709. The second-order valence-corrected chi connectivity index (χ2v) is 3.64. The van der Waals surface area contributed by atoms with Gasteiger partial charge in [-0.25, -0.2) is 5.10 Å². The zero-order valence-electron chi connectivity index (χ0n) is 8.33. The van der Waals surface area contributed by atoms with E-state index < -0.39 is 0 Å². The minimum atomic E-state index is -0.282. The molecule has 0 amide bonds. The van der Waals surface area contributed by atoms with Gasteiger partial charge in [-0.1, -0.05) is 11.6 Å². The van der Waals surface area contributed by atoms with Crippen molar-refractivity contribution < 1.29 is 0 Å². The van der Waals surface area contributed by atoms with Gasteiger partial charge < -0.3 is 0 Å². The van der Waals surface area contributed by atoms with Gasteiger partial charge in [0, 0.05) is 6.07 Å². The molecule has 0 spiro atoms. The summed E-state index contributed by atoms with van der Waals surface area (Å²) >= 11 is 6.01. The molecule has 3 aromatic heterocycles. The monoisotopic (exact) mass is 248 g/mol. The molecule has 3 heterocycles. The van der Waals surface area contributed by atoms with Crippen LogP contribution < -0.4 is 5.56 Å². The molecule has 3 rings (SSSR count). The minimum absolute atomic E-state index is 0.282. The molecule has 0 aliphatic rings. The van der Waals surface area contributed by atoms with E-state index in [0.29, 0.717) is 22.3 Å². The molecular formula is C9H5ClN6O. The van der Waals surface area contributed by atoms with E-state index >= 15 is 0 Å². The fraction of sp³-hybridized carbons (Fsp3) is 0. The van der Waals surface area contributed by atoms with Crippen LogP contribution in [0.4, 0.5) is 0 Å². The Kier molecular flexibility index (Phi) is 2.12. The Labute approximate surface area is 99.1 Å². The van der Waals surface area contributed by atoms with Gasteiger partial charge in [0.2, 0.25) is 0 Å². The highest BCUT2D eigenvalue weighted by Crippen LogP contribution is 2.18. The van der Waals surface area contributed by atoms with E-state index in [1.54, 1.807) is 10.5 Å². The van der Waals surface area contributed by atoms with Crippen molar-refractivity contribution in [2.24, 2.45) is 0 Å². The predicted molar refractivity (Wildman–Crippen MR) is 59.6 cm³/mol. The predicted octanol–water partition coefficient (Wildman–Crippen LogP) is 0.528. The van der Waals surface area contributed by atoms with Gasteiger partial charge in [-0.2, -0.15) is 5.10 Å². The summed E-state index contributed by atoms with van der Waals surface area (Å²) in [5, 5.41) is 14.4. The Morgan fingerprint density at radius 3 is 2.88 bits per heavy atom. The molecule has 0 radical (unpaired) electrons. The number of H-pyrrole nitrogens is 1. The van der Waals surface area contributed by atoms with Crippen molar-refractivity contribution in [1.82, 2.24) is 29.8 Å². The SMILES string of the molecule is O=c1ccc(-c2nnc3cncc(Cl)n23)n[nH]1. The Bertz CT molecular complexity index is 728. The molecule has 0 atom stereocenters. The van der Waals surface area contributed by atoms with Gasteiger partial charge in [-0.15, -0.1) is 10.2 Å². The number of hydrogen-bond donors (Lipinski definition) is 1. The average Bonchev–Trinajstić information content (AvgIpc) is 2.75. The highest BCUT2D eigenvalue weighted by atomic mass is 35.5. The molecule has 0 fully saturated rings. The van der Waals surface area contributed by atoms with Crippen LogP contribution in [0.1, 0.15) is 0 Å². The lowest BCUT2D eigenvalue weighted by atomic mass is 10.4. The third-order valence-corrected chi connectivity index (χ3v) is 2.45. The fourth-order valence-electron chi connectivity index (χ4n) is 1.45. The lowest BCUT2D eigenvalue weighted by molar-refractivity contribution is 0.968. The molecule has 0 aromatic carbocycles. The van der Waals surface area contributed by atoms with Crippen LogP contribution in [0, 0.1) is 0 Å². The van der Waals surface area contributed by atoms with Gasteiger partial charge in [-0.3, -0.25) is 14.2 Å². The molecule has 8 heteroatoms. The topological polar surface area (TPSA) is 88.8 Å². The van der Waals surface area contributed by atoms with E-state index in [0.717, 1.165) is 0 Å². The molecule has 0 saturated carbocycles. The van der Waals surface area contributed by atoms with Crippen LogP contribution >= 0.6 is 11.6 Å². The Hall–Kier alpha value is -2.28. The van der Waals surface area contributed by atoms with Crippen molar-refractivity contribution in [1.29, 1.82) is 0 Å². The number of hydrogen-bond acceptors (Lipinski definition) is 5. The molecule has 0 saturated heterocycles. The van der Waals surface area contributed by atoms with Gasteiger partial charge in [0.25, 0.3) is 5.56 Å². The maximum atomic E-state index is 10.9. The molecule has 0 bridgehead atoms. The van der Waals surface area contributed by atoms with E-state index in [1.165, 1.54) is 18.5 Å². The summed E-state index contributed by atoms with van der Waals surface area (Å²) in [6.45, 7) is 0. The molecule has 0 unspecified atom stereocenters. The zero-order valence-corrected chi connectivity index (χ0v) is 9.09. The zero-order chi connectivity index (χ0) is 11.8. The Morgan fingerprint density at radius 2 is 2.12 bits per heavy atom. The lowest BCUT2D eigenvalue weighted by Gasteiger charge is -1.99. The largest absolute Gasteiger partial charge is 0.268 e. The maximum Gasteiger partial charge on any atom is 0.264 e. The van der Waals surface area contributed by atoms with E-state index in [4.69, 9.17) is 11.6 Å². The van der Waals surface area contributed by atoms with Gasteiger partial charge >= 0.3 is 0 Å². The summed E-state index contributed by atoms with van der Waals surface area (Å²) in [7, 11) is 0. The van der Waals surface area contributed by atoms with E-state index in [2.05, 4.69) is 25.4 Å². The summed E-state index contributed by atoms with van der Waals surface area (Å²) < 4.78 is 1.59. The number of nitrogens with one attached hydrogen (secondary N) is 1. The first kappa shape index (κ1) is 9.91. The first-order chi connectivity index (χ1) is 8.25. The lowest BCUT2D eigenvalue weighted by Crippen LogP contribution is -2.06. The normalized spacial score (nSPS) is 10.9. The number of rotatable bonds is 1. The van der Waals surface area contributed by atoms with Crippen molar-refractivity contribution in [3.8, 4) is 11.5 Å². The quantitative estimate of drug-likeness (QED) is 0.678. The van der Waals surface area contributed by atoms with Crippen molar-refractivity contribution in [2.45, 2.75) is 0 Å². The van der Waals surface area contributed by atoms with Crippen LogP contribution in [0.25, 0.3) is 17.2 Å². The van der Waals surface area contributed by atoms with Gasteiger partial charge in [0.15, 0.2) is 11.5 Å². The molecule has 0 aliphatic carbocycles. The molecule has 7 nitrogen and oxygen atoms in total. The van der Waals surface area contributed by atoms with Gasteiger partial charge in [0.1, 0.15) is 10.8 Å². The summed E-state index contributed by atoms with van der Waals surface area (Å²) in [6, 6.07) is 2.91. The maximum absolute atomic E-state index is 10.9. The second-order valence-electron chi connectivity index (χ2n) is 3.25. The third-order valence-electron chi connectivity index (χ3n) is 2.18. The van der Waals surface area contributed by atoms with E-state index in [-0.39, 0.29) is 5.56 Å². The summed E-state index contributed by atoms with van der Waals surface area (Å²) in [6.07, 6.45) is 3.02. The number of halogens is 1. The second kappa shape index (κ2) is 3.63. The highest BCUT2D eigenvalue weighted by Gasteiger charge is 2.11. The van der Waals surface area contributed by atoms with E-state index in [1.807, 2.05) is 0 Å². The number of aromatic amines is 1. The van der Waals surface area contributed by atoms with Crippen LogP contribution in [0.2, 0.25) is 5.15 Å². The summed E-state index contributed by atoms with van der Waals surface area (Å²) in [4.78, 5) is 14.8. The first-order valence-electron chi connectivity index (χ1n) is 4.66. The summed E-state index contributed by atoms with van der Waals surface area (Å²) in [5.74, 6) is 0.448. The van der Waals surface area contributed by atoms with E-state index in [9.17, 15) is 4.79 Å². The number of nitrogens with zero attached hydrogens (tertiary/aromatic N) is 5. The molecule has 3 aromatic rings. The Balaban J connectivity index is 2.31. The molecule has 0 aliphatic heterocycles.